The van der Waals surface area contributed by atoms with Crippen LogP contribution in [-0.4, -0.2) is 40.8 Å². The lowest BCUT2D eigenvalue weighted by Gasteiger charge is -2.17. The average Bonchev–Trinajstić information content (AvgIpc) is 3.34. The minimum Gasteiger partial charge on any atom is -0.248 e. The molecule has 0 spiro atoms. The first-order chi connectivity index (χ1) is 12.5. The number of halogens is 1. The Hall–Kier alpha value is -2.22. The van der Waals surface area contributed by atoms with Gasteiger partial charge in [-0.15, -0.1) is 5.10 Å². The van der Waals surface area contributed by atoms with Crippen molar-refractivity contribution in [1.29, 1.82) is 0 Å². The molecule has 26 heavy (non-hydrogen) atoms. The van der Waals surface area contributed by atoms with Crippen LogP contribution in [0.15, 0.2) is 65.8 Å². The van der Waals surface area contributed by atoms with E-state index in [1.165, 1.54) is 4.31 Å². The Morgan fingerprint density at radius 2 is 1.88 bits per heavy atom. The SMILES string of the molecule is O=S(=O)(c1cccc(-c2ccc(Cl)cc2)c1)N1CCC(n2ccnn2)C1. The van der Waals surface area contributed by atoms with Gasteiger partial charge in [-0.1, -0.05) is 41.1 Å². The standard InChI is InChI=1S/C18H17ClN4O2S/c19-16-6-4-14(5-7-16)15-2-1-3-18(12-15)26(24,25)22-10-8-17(13-22)23-11-9-20-21-23/h1-7,9,11-12,17H,8,10,13H2. The van der Waals surface area contributed by atoms with Crippen molar-refractivity contribution in [3.05, 3.63) is 65.9 Å². The van der Waals surface area contributed by atoms with E-state index in [9.17, 15) is 8.42 Å². The Labute approximate surface area is 157 Å². The fourth-order valence-electron chi connectivity index (χ4n) is 3.18. The highest BCUT2D eigenvalue weighted by molar-refractivity contribution is 7.89. The molecule has 1 fully saturated rings. The third-order valence-electron chi connectivity index (χ3n) is 4.59. The van der Waals surface area contributed by atoms with Gasteiger partial charge < -0.3 is 0 Å². The lowest BCUT2D eigenvalue weighted by atomic mass is 10.1. The lowest BCUT2D eigenvalue weighted by molar-refractivity contribution is 0.428. The van der Waals surface area contributed by atoms with Crippen LogP contribution < -0.4 is 0 Å². The number of nitrogens with zero attached hydrogens (tertiary/aromatic N) is 4. The molecule has 0 amide bonds. The fourth-order valence-corrected chi connectivity index (χ4v) is 4.85. The molecule has 0 saturated carbocycles. The number of sulfonamides is 1. The largest absolute Gasteiger partial charge is 0.248 e. The third kappa shape index (κ3) is 3.25. The Morgan fingerprint density at radius 1 is 1.08 bits per heavy atom. The van der Waals surface area contributed by atoms with E-state index in [1.807, 2.05) is 18.2 Å². The van der Waals surface area contributed by atoms with E-state index >= 15 is 0 Å². The minimum atomic E-state index is -3.56. The molecule has 1 aliphatic rings. The normalized spacial score (nSPS) is 18.3. The highest BCUT2D eigenvalue weighted by Gasteiger charge is 2.33. The van der Waals surface area contributed by atoms with Gasteiger partial charge in [0, 0.05) is 24.3 Å². The van der Waals surface area contributed by atoms with Crippen LogP contribution in [0.1, 0.15) is 12.5 Å². The van der Waals surface area contributed by atoms with Gasteiger partial charge >= 0.3 is 0 Å². The van der Waals surface area contributed by atoms with Crippen LogP contribution in [0.2, 0.25) is 5.02 Å². The molecule has 6 nitrogen and oxygen atoms in total. The van der Waals surface area contributed by atoms with Crippen molar-refractivity contribution >= 4 is 21.6 Å². The fraction of sp³-hybridized carbons (Fsp3) is 0.222. The van der Waals surface area contributed by atoms with E-state index in [4.69, 9.17) is 11.6 Å². The highest BCUT2D eigenvalue weighted by atomic mass is 35.5. The first-order valence-corrected chi connectivity index (χ1v) is 10.1. The second kappa shape index (κ2) is 6.83. The molecule has 1 unspecified atom stereocenters. The van der Waals surface area contributed by atoms with E-state index in [0.29, 0.717) is 23.0 Å². The summed E-state index contributed by atoms with van der Waals surface area (Å²) >= 11 is 5.93. The zero-order chi connectivity index (χ0) is 18.1. The predicted molar refractivity (Wildman–Crippen MR) is 99.3 cm³/mol. The van der Waals surface area contributed by atoms with Crippen LogP contribution in [0, 0.1) is 0 Å². The van der Waals surface area contributed by atoms with Gasteiger partial charge in [0.15, 0.2) is 0 Å². The first kappa shape index (κ1) is 17.2. The third-order valence-corrected chi connectivity index (χ3v) is 6.70. The molecule has 1 atom stereocenters. The van der Waals surface area contributed by atoms with E-state index in [2.05, 4.69) is 10.3 Å². The summed E-state index contributed by atoms with van der Waals surface area (Å²) in [5.74, 6) is 0. The molecular weight excluding hydrogens is 372 g/mol. The van der Waals surface area contributed by atoms with Gasteiger partial charge in [-0.05, 0) is 41.8 Å². The molecular formula is C18H17ClN4O2S. The van der Waals surface area contributed by atoms with Gasteiger partial charge in [0.25, 0.3) is 0 Å². The number of rotatable bonds is 4. The van der Waals surface area contributed by atoms with Crippen LogP contribution in [0.4, 0.5) is 0 Å². The quantitative estimate of drug-likeness (QED) is 0.688. The van der Waals surface area contributed by atoms with Crippen molar-refractivity contribution in [3.63, 3.8) is 0 Å². The van der Waals surface area contributed by atoms with Gasteiger partial charge in [-0.3, -0.25) is 0 Å². The maximum absolute atomic E-state index is 13.0. The molecule has 2 heterocycles. The molecule has 3 aromatic rings. The van der Waals surface area contributed by atoms with E-state index < -0.39 is 10.0 Å². The lowest BCUT2D eigenvalue weighted by Crippen LogP contribution is -2.29. The maximum atomic E-state index is 13.0. The second-order valence-corrected chi connectivity index (χ2v) is 8.60. The zero-order valence-corrected chi connectivity index (χ0v) is 15.4. The molecule has 4 rings (SSSR count). The number of aromatic nitrogens is 3. The molecule has 8 heteroatoms. The van der Waals surface area contributed by atoms with E-state index in [-0.39, 0.29) is 6.04 Å². The predicted octanol–water partition coefficient (Wildman–Crippen LogP) is 3.23. The second-order valence-electron chi connectivity index (χ2n) is 6.22. The summed E-state index contributed by atoms with van der Waals surface area (Å²) in [4.78, 5) is 0.296. The summed E-state index contributed by atoms with van der Waals surface area (Å²) in [6.45, 7) is 0.870. The van der Waals surface area contributed by atoms with Crippen molar-refractivity contribution in [3.8, 4) is 11.1 Å². The summed E-state index contributed by atoms with van der Waals surface area (Å²) in [7, 11) is -3.56. The van der Waals surface area contributed by atoms with Crippen molar-refractivity contribution < 1.29 is 8.42 Å². The summed E-state index contributed by atoms with van der Waals surface area (Å²) < 4.78 is 29.3. The molecule has 1 saturated heterocycles. The van der Waals surface area contributed by atoms with Gasteiger partial charge in [-0.2, -0.15) is 4.31 Å². The van der Waals surface area contributed by atoms with Crippen LogP contribution in [0.5, 0.6) is 0 Å². The number of hydrogen-bond donors (Lipinski definition) is 0. The zero-order valence-electron chi connectivity index (χ0n) is 13.9. The Bertz CT molecular complexity index is 1000. The van der Waals surface area contributed by atoms with Crippen molar-refractivity contribution in [2.24, 2.45) is 0 Å². The Kier molecular flexibility index (Phi) is 4.52. The molecule has 2 aromatic carbocycles. The Balaban J connectivity index is 1.60. The van der Waals surface area contributed by atoms with Crippen LogP contribution in [0.3, 0.4) is 0 Å². The van der Waals surface area contributed by atoms with Crippen molar-refractivity contribution in [2.75, 3.05) is 13.1 Å². The van der Waals surface area contributed by atoms with Crippen LogP contribution in [0.25, 0.3) is 11.1 Å². The topological polar surface area (TPSA) is 68.1 Å². The number of hydrogen-bond acceptors (Lipinski definition) is 4. The summed E-state index contributed by atoms with van der Waals surface area (Å²) in [6.07, 6.45) is 4.09. The van der Waals surface area contributed by atoms with Gasteiger partial charge in [-0.25, -0.2) is 13.1 Å². The summed E-state index contributed by atoms with van der Waals surface area (Å²) in [6, 6.07) is 14.4. The maximum Gasteiger partial charge on any atom is 0.243 e. The minimum absolute atomic E-state index is 0.0201. The van der Waals surface area contributed by atoms with E-state index in [0.717, 1.165) is 17.5 Å². The summed E-state index contributed by atoms with van der Waals surface area (Å²) in [5.41, 5.74) is 1.77. The van der Waals surface area contributed by atoms with Crippen LogP contribution in [-0.2, 0) is 10.0 Å². The Morgan fingerprint density at radius 3 is 2.62 bits per heavy atom. The molecule has 1 aliphatic heterocycles. The first-order valence-electron chi connectivity index (χ1n) is 8.26. The molecule has 134 valence electrons. The molecule has 0 radical (unpaired) electrons. The highest BCUT2D eigenvalue weighted by Crippen LogP contribution is 2.29. The molecule has 0 N–H and O–H groups in total. The van der Waals surface area contributed by atoms with E-state index in [1.54, 1.807) is 47.4 Å². The molecule has 1 aromatic heterocycles. The smallest absolute Gasteiger partial charge is 0.243 e. The number of benzene rings is 2. The van der Waals surface area contributed by atoms with Gasteiger partial charge in [0.1, 0.15) is 0 Å². The van der Waals surface area contributed by atoms with Crippen LogP contribution >= 0.6 is 11.6 Å². The van der Waals surface area contributed by atoms with Crippen molar-refractivity contribution in [1.82, 2.24) is 19.3 Å². The average molecular weight is 389 g/mol. The van der Waals surface area contributed by atoms with Crippen molar-refractivity contribution in [2.45, 2.75) is 17.4 Å². The van der Waals surface area contributed by atoms with Gasteiger partial charge in [0.2, 0.25) is 10.0 Å². The molecule has 0 aliphatic carbocycles. The molecule has 0 bridgehead atoms. The van der Waals surface area contributed by atoms with Gasteiger partial charge in [0.05, 0.1) is 17.1 Å². The summed E-state index contributed by atoms with van der Waals surface area (Å²) in [5, 5.41) is 8.43. The monoisotopic (exact) mass is 388 g/mol.